The van der Waals surface area contributed by atoms with Gasteiger partial charge in [-0.25, -0.2) is 8.42 Å². The van der Waals surface area contributed by atoms with Gasteiger partial charge in [-0.05, 0) is 42.8 Å². The van der Waals surface area contributed by atoms with E-state index < -0.39 is 26.7 Å². The van der Waals surface area contributed by atoms with Gasteiger partial charge in [0.05, 0.1) is 16.1 Å². The zero-order chi connectivity index (χ0) is 18.9. The van der Waals surface area contributed by atoms with Crippen LogP contribution >= 0.6 is 0 Å². The number of alkyl halides is 3. The SMILES string of the molecule is O=C1CCCN1c1cccc(NS(=O)(=O)c2cccc(C(F)(F)F)c2)c1. The van der Waals surface area contributed by atoms with E-state index in [0.717, 1.165) is 24.6 Å². The molecular formula is C17H15F3N2O3S. The van der Waals surface area contributed by atoms with E-state index in [1.165, 1.54) is 12.1 Å². The molecule has 0 radical (unpaired) electrons. The molecule has 0 unspecified atom stereocenters. The summed E-state index contributed by atoms with van der Waals surface area (Å²) >= 11 is 0. The van der Waals surface area contributed by atoms with Gasteiger partial charge in [0.1, 0.15) is 0 Å². The molecule has 1 aliphatic rings. The van der Waals surface area contributed by atoms with Gasteiger partial charge >= 0.3 is 6.18 Å². The third-order valence-electron chi connectivity index (χ3n) is 3.96. The van der Waals surface area contributed by atoms with Crippen molar-refractivity contribution in [3.05, 3.63) is 54.1 Å². The summed E-state index contributed by atoms with van der Waals surface area (Å²) in [4.78, 5) is 12.9. The van der Waals surface area contributed by atoms with E-state index in [1.54, 1.807) is 17.0 Å². The highest BCUT2D eigenvalue weighted by Gasteiger charge is 2.31. The summed E-state index contributed by atoms with van der Waals surface area (Å²) in [5.74, 6) is -0.0529. The standard InChI is InChI=1S/C17H15F3N2O3S/c18-17(19,20)12-4-1-7-15(10-12)26(24,25)21-13-5-2-6-14(11-13)22-9-3-8-16(22)23/h1-2,4-7,10-11,21H,3,8-9H2. The second kappa shape index (κ2) is 6.64. The monoisotopic (exact) mass is 384 g/mol. The van der Waals surface area contributed by atoms with Gasteiger partial charge in [0.25, 0.3) is 10.0 Å². The predicted octanol–water partition coefficient (Wildman–Crippen LogP) is 3.63. The maximum absolute atomic E-state index is 12.8. The number of amides is 1. The zero-order valence-corrected chi connectivity index (χ0v) is 14.3. The Bertz CT molecular complexity index is 942. The molecule has 1 N–H and O–H groups in total. The molecule has 1 amide bonds. The first-order valence-electron chi connectivity index (χ1n) is 7.77. The van der Waals surface area contributed by atoms with Gasteiger partial charge < -0.3 is 4.90 Å². The van der Waals surface area contributed by atoms with Crippen molar-refractivity contribution >= 4 is 27.3 Å². The van der Waals surface area contributed by atoms with Crippen molar-refractivity contribution in [3.8, 4) is 0 Å². The van der Waals surface area contributed by atoms with Crippen molar-refractivity contribution < 1.29 is 26.4 Å². The third kappa shape index (κ3) is 3.82. The Balaban J connectivity index is 1.87. The largest absolute Gasteiger partial charge is 0.416 e. The molecular weight excluding hydrogens is 369 g/mol. The average Bonchev–Trinajstić information content (AvgIpc) is 3.00. The molecule has 2 aromatic carbocycles. The number of hydrogen-bond acceptors (Lipinski definition) is 3. The Morgan fingerprint density at radius 2 is 1.77 bits per heavy atom. The minimum absolute atomic E-state index is 0.0529. The first-order chi connectivity index (χ1) is 12.2. The molecule has 5 nitrogen and oxygen atoms in total. The first-order valence-corrected chi connectivity index (χ1v) is 9.26. The maximum atomic E-state index is 12.8. The average molecular weight is 384 g/mol. The van der Waals surface area contributed by atoms with Crippen LogP contribution in [0.3, 0.4) is 0 Å². The van der Waals surface area contributed by atoms with E-state index in [2.05, 4.69) is 4.72 Å². The second-order valence-electron chi connectivity index (χ2n) is 5.83. The zero-order valence-electron chi connectivity index (χ0n) is 13.5. The molecule has 26 heavy (non-hydrogen) atoms. The summed E-state index contributed by atoms with van der Waals surface area (Å²) in [6, 6.07) is 9.71. The fraction of sp³-hybridized carbons (Fsp3) is 0.235. The van der Waals surface area contributed by atoms with Crippen LogP contribution in [-0.2, 0) is 21.0 Å². The van der Waals surface area contributed by atoms with Crippen molar-refractivity contribution in [3.63, 3.8) is 0 Å². The smallest absolute Gasteiger partial charge is 0.312 e. The van der Waals surface area contributed by atoms with Crippen molar-refractivity contribution in [2.75, 3.05) is 16.2 Å². The molecule has 1 heterocycles. The number of carbonyl (C=O) groups is 1. The molecule has 1 aliphatic heterocycles. The van der Waals surface area contributed by atoms with E-state index in [9.17, 15) is 26.4 Å². The van der Waals surface area contributed by atoms with Gasteiger partial charge in [0.2, 0.25) is 5.91 Å². The second-order valence-corrected chi connectivity index (χ2v) is 7.51. The Morgan fingerprint density at radius 3 is 2.42 bits per heavy atom. The number of benzene rings is 2. The lowest BCUT2D eigenvalue weighted by Gasteiger charge is -2.17. The fourth-order valence-electron chi connectivity index (χ4n) is 2.71. The molecule has 3 rings (SSSR count). The van der Waals surface area contributed by atoms with E-state index >= 15 is 0 Å². The van der Waals surface area contributed by atoms with Crippen LogP contribution in [0.4, 0.5) is 24.5 Å². The van der Waals surface area contributed by atoms with Gasteiger partial charge in [0.15, 0.2) is 0 Å². The van der Waals surface area contributed by atoms with Gasteiger partial charge in [-0.1, -0.05) is 12.1 Å². The molecule has 1 fully saturated rings. The van der Waals surface area contributed by atoms with E-state index in [0.29, 0.717) is 24.7 Å². The Morgan fingerprint density at radius 1 is 1.04 bits per heavy atom. The van der Waals surface area contributed by atoms with Crippen molar-refractivity contribution in [2.45, 2.75) is 23.9 Å². The highest BCUT2D eigenvalue weighted by Crippen LogP contribution is 2.31. The Labute approximate surface area is 148 Å². The van der Waals surface area contributed by atoms with Crippen LogP contribution in [0.5, 0.6) is 0 Å². The molecule has 0 aromatic heterocycles. The summed E-state index contributed by atoms with van der Waals surface area (Å²) < 4.78 is 65.5. The predicted molar refractivity (Wildman–Crippen MR) is 90.3 cm³/mol. The number of anilines is 2. The fourth-order valence-corrected chi connectivity index (χ4v) is 3.81. The molecule has 0 bridgehead atoms. The molecule has 9 heteroatoms. The van der Waals surface area contributed by atoms with Crippen molar-refractivity contribution in [1.82, 2.24) is 0 Å². The molecule has 1 saturated heterocycles. The summed E-state index contributed by atoms with van der Waals surface area (Å²) in [5.41, 5.74) is -0.340. The first kappa shape index (κ1) is 18.2. The topological polar surface area (TPSA) is 66.5 Å². The van der Waals surface area contributed by atoms with Crippen LogP contribution in [0.25, 0.3) is 0 Å². The van der Waals surface area contributed by atoms with Crippen LogP contribution in [-0.4, -0.2) is 20.9 Å². The van der Waals surface area contributed by atoms with Gasteiger partial charge in [-0.3, -0.25) is 9.52 Å². The van der Waals surface area contributed by atoms with Gasteiger partial charge in [0, 0.05) is 18.7 Å². The summed E-state index contributed by atoms with van der Waals surface area (Å²) in [7, 11) is -4.20. The number of nitrogens with zero attached hydrogens (tertiary/aromatic N) is 1. The normalized spacial score (nSPS) is 15.3. The lowest BCUT2D eigenvalue weighted by atomic mass is 10.2. The molecule has 0 atom stereocenters. The Hall–Kier alpha value is -2.55. The van der Waals surface area contributed by atoms with E-state index in [1.807, 2.05) is 0 Å². The molecule has 0 saturated carbocycles. The minimum atomic E-state index is -4.64. The lowest BCUT2D eigenvalue weighted by molar-refractivity contribution is -0.137. The highest BCUT2D eigenvalue weighted by molar-refractivity contribution is 7.92. The number of nitrogens with one attached hydrogen (secondary N) is 1. The molecule has 0 spiro atoms. The lowest BCUT2D eigenvalue weighted by Crippen LogP contribution is -2.23. The van der Waals surface area contributed by atoms with Crippen LogP contribution in [0, 0.1) is 0 Å². The molecule has 138 valence electrons. The molecule has 2 aromatic rings. The van der Waals surface area contributed by atoms with Crippen LogP contribution in [0.1, 0.15) is 18.4 Å². The number of rotatable bonds is 4. The molecule has 0 aliphatic carbocycles. The third-order valence-corrected chi connectivity index (χ3v) is 5.33. The summed E-state index contributed by atoms with van der Waals surface area (Å²) in [6.45, 7) is 0.544. The van der Waals surface area contributed by atoms with Crippen LogP contribution in [0.15, 0.2) is 53.4 Å². The van der Waals surface area contributed by atoms with Crippen LogP contribution < -0.4 is 9.62 Å². The highest BCUT2D eigenvalue weighted by atomic mass is 32.2. The summed E-state index contributed by atoms with van der Waals surface area (Å²) in [6.07, 6.45) is -3.49. The maximum Gasteiger partial charge on any atom is 0.416 e. The van der Waals surface area contributed by atoms with Crippen molar-refractivity contribution in [1.29, 1.82) is 0 Å². The Kier molecular flexibility index (Phi) is 4.66. The van der Waals surface area contributed by atoms with Crippen molar-refractivity contribution in [2.24, 2.45) is 0 Å². The van der Waals surface area contributed by atoms with E-state index in [-0.39, 0.29) is 11.6 Å². The number of hydrogen-bond donors (Lipinski definition) is 1. The number of sulfonamides is 1. The number of halogens is 3. The number of carbonyl (C=O) groups excluding carboxylic acids is 1. The van der Waals surface area contributed by atoms with Gasteiger partial charge in [-0.2, -0.15) is 13.2 Å². The van der Waals surface area contributed by atoms with Gasteiger partial charge in [-0.15, -0.1) is 0 Å². The van der Waals surface area contributed by atoms with E-state index in [4.69, 9.17) is 0 Å². The summed E-state index contributed by atoms with van der Waals surface area (Å²) in [5, 5.41) is 0. The quantitative estimate of drug-likeness (QED) is 0.875. The minimum Gasteiger partial charge on any atom is -0.312 e. The van der Waals surface area contributed by atoms with Crippen LogP contribution in [0.2, 0.25) is 0 Å².